The van der Waals surface area contributed by atoms with E-state index >= 15 is 0 Å². The van der Waals surface area contributed by atoms with Crippen molar-refractivity contribution in [1.29, 1.82) is 5.26 Å². The van der Waals surface area contributed by atoms with Crippen molar-refractivity contribution in [2.24, 2.45) is 0 Å². The molecule has 0 spiro atoms. The Labute approximate surface area is 167 Å². The summed E-state index contributed by atoms with van der Waals surface area (Å²) in [6.07, 6.45) is 0.331. The minimum Gasteiger partial charge on any atom is -0.326 e. The Hall–Kier alpha value is -2.81. The molecule has 0 saturated carbocycles. The first-order valence-electron chi connectivity index (χ1n) is 8.30. The van der Waals surface area contributed by atoms with Crippen molar-refractivity contribution in [3.63, 3.8) is 0 Å². The summed E-state index contributed by atoms with van der Waals surface area (Å²) in [5.74, 6) is 0.464. The fraction of sp³-hybridized carbons (Fsp3) is 0.0952. The highest BCUT2D eigenvalue weighted by molar-refractivity contribution is 7.99. The topological polar surface area (TPSA) is 65.8 Å². The van der Waals surface area contributed by atoms with Crippen molar-refractivity contribution in [1.82, 2.24) is 4.98 Å². The number of carbonyl (C=O) groups excluding carboxylic acids is 1. The summed E-state index contributed by atoms with van der Waals surface area (Å²) < 4.78 is 0. The molecule has 0 unspecified atom stereocenters. The maximum atomic E-state index is 12.1. The normalized spacial score (nSPS) is 10.2. The number of halogens is 1. The lowest BCUT2D eigenvalue weighted by molar-refractivity contribution is -0.115. The number of nitrogens with one attached hydrogen (secondary N) is 1. The summed E-state index contributed by atoms with van der Waals surface area (Å²) in [6, 6.07) is 22.4. The molecular formula is C21H16ClN3OS. The van der Waals surface area contributed by atoms with E-state index in [1.54, 1.807) is 18.2 Å². The molecule has 0 aliphatic rings. The van der Waals surface area contributed by atoms with Crippen LogP contribution in [0.25, 0.3) is 11.3 Å². The van der Waals surface area contributed by atoms with Gasteiger partial charge in [0.05, 0.1) is 11.3 Å². The number of pyridine rings is 1. The van der Waals surface area contributed by atoms with Gasteiger partial charge >= 0.3 is 0 Å². The number of thioether (sulfide) groups is 1. The Bertz CT molecular complexity index is 969. The van der Waals surface area contributed by atoms with Gasteiger partial charge in [-0.05, 0) is 36.4 Å². The van der Waals surface area contributed by atoms with Gasteiger partial charge in [0.2, 0.25) is 5.91 Å². The second-order valence-electron chi connectivity index (χ2n) is 5.68. The number of amides is 1. The molecule has 1 amide bonds. The molecule has 1 aromatic heterocycles. The zero-order chi connectivity index (χ0) is 19.1. The van der Waals surface area contributed by atoms with E-state index in [1.807, 2.05) is 48.5 Å². The lowest BCUT2D eigenvalue weighted by Crippen LogP contribution is -2.12. The van der Waals surface area contributed by atoms with Gasteiger partial charge in [-0.2, -0.15) is 5.26 Å². The molecule has 1 heterocycles. The van der Waals surface area contributed by atoms with E-state index in [-0.39, 0.29) is 5.91 Å². The molecule has 3 rings (SSSR count). The van der Waals surface area contributed by atoms with Crippen LogP contribution in [0.15, 0.2) is 71.8 Å². The monoisotopic (exact) mass is 393 g/mol. The van der Waals surface area contributed by atoms with Gasteiger partial charge in [0.15, 0.2) is 0 Å². The first kappa shape index (κ1) is 19.0. The van der Waals surface area contributed by atoms with Gasteiger partial charge < -0.3 is 5.32 Å². The summed E-state index contributed by atoms with van der Waals surface area (Å²) >= 11 is 7.33. The zero-order valence-electron chi connectivity index (χ0n) is 14.4. The Morgan fingerprint density at radius 1 is 1.07 bits per heavy atom. The van der Waals surface area contributed by atoms with Crippen LogP contribution in [0.2, 0.25) is 5.02 Å². The largest absolute Gasteiger partial charge is 0.326 e. The first-order chi connectivity index (χ1) is 13.2. The molecule has 0 saturated heterocycles. The van der Waals surface area contributed by atoms with Gasteiger partial charge in [0.1, 0.15) is 11.1 Å². The number of nitriles is 1. The molecule has 4 nitrogen and oxygen atoms in total. The van der Waals surface area contributed by atoms with Crippen LogP contribution in [-0.4, -0.2) is 16.6 Å². The van der Waals surface area contributed by atoms with E-state index in [1.165, 1.54) is 11.8 Å². The smallest absolute Gasteiger partial charge is 0.225 e. The average Bonchev–Trinajstić information content (AvgIpc) is 2.69. The molecule has 0 fully saturated rings. The van der Waals surface area contributed by atoms with E-state index in [9.17, 15) is 10.1 Å². The van der Waals surface area contributed by atoms with Crippen molar-refractivity contribution in [2.45, 2.75) is 11.4 Å². The highest BCUT2D eigenvalue weighted by Crippen LogP contribution is 2.26. The van der Waals surface area contributed by atoms with Crippen LogP contribution >= 0.6 is 23.4 Å². The molecular weight excluding hydrogens is 378 g/mol. The maximum absolute atomic E-state index is 12.1. The summed E-state index contributed by atoms with van der Waals surface area (Å²) in [4.78, 5) is 16.6. The Morgan fingerprint density at radius 3 is 2.52 bits per heavy atom. The molecule has 1 N–H and O–H groups in total. The Morgan fingerprint density at radius 2 is 1.81 bits per heavy atom. The van der Waals surface area contributed by atoms with Gasteiger partial charge in [0, 0.05) is 28.4 Å². The lowest BCUT2D eigenvalue weighted by Gasteiger charge is -2.08. The lowest BCUT2D eigenvalue weighted by atomic mass is 10.1. The van der Waals surface area contributed by atoms with Gasteiger partial charge in [0.25, 0.3) is 0 Å². The number of hydrogen-bond donors (Lipinski definition) is 1. The number of carbonyl (C=O) groups is 1. The van der Waals surface area contributed by atoms with Crippen LogP contribution in [0.4, 0.5) is 5.69 Å². The predicted molar refractivity (Wildman–Crippen MR) is 110 cm³/mol. The van der Waals surface area contributed by atoms with E-state index in [0.717, 1.165) is 16.9 Å². The van der Waals surface area contributed by atoms with E-state index < -0.39 is 0 Å². The van der Waals surface area contributed by atoms with Crippen molar-refractivity contribution in [3.8, 4) is 17.3 Å². The summed E-state index contributed by atoms with van der Waals surface area (Å²) in [5, 5.41) is 13.5. The van der Waals surface area contributed by atoms with Crippen molar-refractivity contribution >= 4 is 35.0 Å². The van der Waals surface area contributed by atoms with E-state index in [0.29, 0.717) is 27.8 Å². The number of para-hydroxylation sites is 1. The molecule has 27 heavy (non-hydrogen) atoms. The highest BCUT2D eigenvalue weighted by Gasteiger charge is 2.10. The van der Waals surface area contributed by atoms with Crippen LogP contribution < -0.4 is 5.32 Å². The Kier molecular flexibility index (Phi) is 6.48. The van der Waals surface area contributed by atoms with Crippen molar-refractivity contribution in [3.05, 3.63) is 77.3 Å². The van der Waals surface area contributed by atoms with Crippen molar-refractivity contribution < 1.29 is 4.79 Å². The third kappa shape index (κ3) is 5.33. The fourth-order valence-electron chi connectivity index (χ4n) is 2.40. The minimum atomic E-state index is -0.0685. The van der Waals surface area contributed by atoms with Crippen LogP contribution in [-0.2, 0) is 4.79 Å². The minimum absolute atomic E-state index is 0.0685. The number of rotatable bonds is 6. The number of hydrogen-bond acceptors (Lipinski definition) is 4. The molecule has 0 aliphatic heterocycles. The third-order valence-electron chi connectivity index (χ3n) is 3.75. The molecule has 0 aliphatic carbocycles. The molecule has 3 aromatic rings. The number of aromatic nitrogens is 1. The molecule has 134 valence electrons. The van der Waals surface area contributed by atoms with Gasteiger partial charge in [-0.1, -0.05) is 41.9 Å². The predicted octanol–water partition coefficient (Wildman–Crippen LogP) is 5.39. The molecule has 0 radical (unpaired) electrons. The number of benzene rings is 2. The standard InChI is InChI=1S/C21H16ClN3OS/c22-17-9-6-15(7-10-17)19-11-8-16(14-23)21(25-19)27-13-12-20(26)24-18-4-2-1-3-5-18/h1-11H,12-13H2,(H,24,26). The zero-order valence-corrected chi connectivity index (χ0v) is 15.9. The maximum Gasteiger partial charge on any atom is 0.225 e. The van der Waals surface area contributed by atoms with Gasteiger partial charge in [-0.3, -0.25) is 4.79 Å². The number of nitrogens with zero attached hydrogens (tertiary/aromatic N) is 2. The molecule has 0 bridgehead atoms. The number of anilines is 1. The third-order valence-corrected chi connectivity index (χ3v) is 4.99. The second kappa shape index (κ2) is 9.22. The van der Waals surface area contributed by atoms with Crippen LogP contribution in [0.5, 0.6) is 0 Å². The summed E-state index contributed by atoms with van der Waals surface area (Å²) in [5.41, 5.74) is 2.96. The van der Waals surface area contributed by atoms with E-state index in [4.69, 9.17) is 11.6 Å². The van der Waals surface area contributed by atoms with Crippen LogP contribution in [0, 0.1) is 11.3 Å². The summed E-state index contributed by atoms with van der Waals surface area (Å²) in [6.45, 7) is 0. The SMILES string of the molecule is N#Cc1ccc(-c2ccc(Cl)cc2)nc1SCCC(=O)Nc1ccccc1. The van der Waals surface area contributed by atoms with E-state index in [2.05, 4.69) is 16.4 Å². The average molecular weight is 394 g/mol. The highest BCUT2D eigenvalue weighted by atomic mass is 35.5. The van der Waals surface area contributed by atoms with Crippen LogP contribution in [0.1, 0.15) is 12.0 Å². The van der Waals surface area contributed by atoms with Crippen LogP contribution in [0.3, 0.4) is 0 Å². The fourth-order valence-corrected chi connectivity index (χ4v) is 3.44. The molecule has 0 atom stereocenters. The first-order valence-corrected chi connectivity index (χ1v) is 9.67. The second-order valence-corrected chi connectivity index (χ2v) is 7.20. The summed E-state index contributed by atoms with van der Waals surface area (Å²) in [7, 11) is 0. The molecule has 6 heteroatoms. The molecule has 2 aromatic carbocycles. The van der Waals surface area contributed by atoms with Gasteiger partial charge in [-0.15, -0.1) is 11.8 Å². The Balaban J connectivity index is 1.65. The van der Waals surface area contributed by atoms with Gasteiger partial charge in [-0.25, -0.2) is 4.98 Å². The van der Waals surface area contributed by atoms with Crippen molar-refractivity contribution in [2.75, 3.05) is 11.1 Å². The quantitative estimate of drug-likeness (QED) is 0.570.